The van der Waals surface area contributed by atoms with E-state index in [1.54, 1.807) is 6.26 Å². The Morgan fingerprint density at radius 2 is 1.67 bits per heavy atom. The van der Waals surface area contributed by atoms with Gasteiger partial charge in [-0.15, -0.1) is 0 Å². The van der Waals surface area contributed by atoms with Gasteiger partial charge in [0.25, 0.3) is 0 Å². The molecular formula is C4H11LiS. The minimum absolute atomic E-state index is 1.32. The summed E-state index contributed by atoms with van der Waals surface area (Å²) in [4.78, 5) is 0. The van der Waals surface area contributed by atoms with Gasteiger partial charge >= 0.3 is 36.2 Å². The average molecular weight is 98.1 g/mol. The van der Waals surface area contributed by atoms with E-state index in [1.807, 2.05) is 0 Å². The van der Waals surface area contributed by atoms with Gasteiger partial charge in [0, 0.05) is 0 Å². The van der Waals surface area contributed by atoms with Gasteiger partial charge in [0.1, 0.15) is 0 Å². The SMILES string of the molecule is CS.[Li][CH2]CC. The zero-order valence-corrected chi connectivity index (χ0v) is 5.76. The molecule has 0 N–H and O–H groups in total. The summed E-state index contributed by atoms with van der Waals surface area (Å²) >= 11 is 5.71. The first-order valence-corrected chi connectivity index (χ1v) is 3.26. The van der Waals surface area contributed by atoms with Crippen LogP contribution in [0.2, 0.25) is 5.09 Å². The van der Waals surface area contributed by atoms with Crippen LogP contribution in [0.15, 0.2) is 0 Å². The molecule has 34 valence electrons. The van der Waals surface area contributed by atoms with E-state index in [2.05, 4.69) is 37.3 Å². The van der Waals surface area contributed by atoms with Gasteiger partial charge in [0.15, 0.2) is 0 Å². The summed E-state index contributed by atoms with van der Waals surface area (Å²) in [6.07, 6.45) is 3.01. The molecule has 0 heterocycles. The van der Waals surface area contributed by atoms with Crippen LogP contribution in [0.3, 0.4) is 0 Å². The van der Waals surface area contributed by atoms with E-state index in [0.717, 1.165) is 0 Å². The molecule has 0 aromatic carbocycles. The number of hydrogen-bond acceptors (Lipinski definition) is 1. The van der Waals surface area contributed by atoms with Crippen molar-refractivity contribution >= 4 is 30.3 Å². The number of thiol groups is 1. The van der Waals surface area contributed by atoms with Crippen molar-refractivity contribution in [1.29, 1.82) is 0 Å². The average Bonchev–Trinajstić information content (AvgIpc) is 1.72. The molecule has 0 aliphatic heterocycles. The Kier molecular flexibility index (Phi) is 28.0. The monoisotopic (exact) mass is 98.1 g/mol. The van der Waals surface area contributed by atoms with Crippen molar-refractivity contribution in [3.05, 3.63) is 0 Å². The Labute approximate surface area is 55.3 Å². The van der Waals surface area contributed by atoms with E-state index < -0.39 is 0 Å². The van der Waals surface area contributed by atoms with Crippen molar-refractivity contribution in [3.8, 4) is 0 Å². The molecule has 0 rings (SSSR count). The van der Waals surface area contributed by atoms with Gasteiger partial charge in [-0.3, -0.25) is 0 Å². The quantitative estimate of drug-likeness (QED) is 0.373. The third kappa shape index (κ3) is 20.3. The van der Waals surface area contributed by atoms with Crippen molar-refractivity contribution in [1.82, 2.24) is 0 Å². The summed E-state index contributed by atoms with van der Waals surface area (Å²) in [7, 11) is 0. The Bertz CT molecular complexity index is 9.51. The van der Waals surface area contributed by atoms with Crippen molar-refractivity contribution in [2.45, 2.75) is 18.4 Å². The van der Waals surface area contributed by atoms with Crippen LogP contribution in [-0.2, 0) is 0 Å². The Hall–Kier alpha value is 0.947. The second kappa shape index (κ2) is 16.8. The van der Waals surface area contributed by atoms with E-state index in [0.29, 0.717) is 0 Å². The topological polar surface area (TPSA) is 0 Å². The summed E-state index contributed by atoms with van der Waals surface area (Å²) in [5.41, 5.74) is 0. The van der Waals surface area contributed by atoms with Crippen LogP contribution in [0.1, 0.15) is 13.3 Å². The molecule has 6 heavy (non-hydrogen) atoms. The van der Waals surface area contributed by atoms with Gasteiger partial charge in [0.05, 0.1) is 0 Å². The van der Waals surface area contributed by atoms with Gasteiger partial charge in [0.2, 0.25) is 0 Å². The fraction of sp³-hybridized carbons (Fsp3) is 1.00. The second-order valence-corrected chi connectivity index (χ2v) is 1.000. The van der Waals surface area contributed by atoms with Crippen molar-refractivity contribution in [2.24, 2.45) is 0 Å². The number of rotatable bonds is 1. The molecule has 0 bridgehead atoms. The molecule has 0 atom stereocenters. The first-order chi connectivity index (χ1) is 2.91. The third-order valence-electron chi connectivity index (χ3n) is 0.500. The van der Waals surface area contributed by atoms with E-state index in [4.69, 9.17) is 0 Å². The van der Waals surface area contributed by atoms with E-state index >= 15 is 0 Å². The minimum atomic E-state index is 1.32. The van der Waals surface area contributed by atoms with E-state index in [9.17, 15) is 0 Å². The molecule has 0 fully saturated rings. The van der Waals surface area contributed by atoms with Crippen LogP contribution in [-0.4, -0.2) is 24.0 Å². The Morgan fingerprint density at radius 3 is 1.67 bits per heavy atom. The molecule has 0 aromatic heterocycles. The van der Waals surface area contributed by atoms with Crippen LogP contribution in [0.4, 0.5) is 0 Å². The zero-order valence-electron chi connectivity index (χ0n) is 4.86. The molecule has 0 aliphatic carbocycles. The molecule has 0 aromatic rings. The fourth-order valence-corrected chi connectivity index (χ4v) is 0. The maximum atomic E-state index is 3.53. The predicted octanol–water partition coefficient (Wildman–Crippen LogP) is 1.53. The van der Waals surface area contributed by atoms with E-state index in [-0.39, 0.29) is 0 Å². The maximum absolute atomic E-state index is 3.53. The Morgan fingerprint density at radius 1 is 1.50 bits per heavy atom. The first kappa shape index (κ1) is 10.0. The molecule has 0 aliphatic rings. The molecule has 0 nitrogen and oxygen atoms in total. The fourth-order valence-electron chi connectivity index (χ4n) is 0. The van der Waals surface area contributed by atoms with Gasteiger partial charge in [-0.2, -0.15) is 12.6 Å². The first-order valence-electron chi connectivity index (χ1n) is 2.36. The third-order valence-corrected chi connectivity index (χ3v) is 0.500. The van der Waals surface area contributed by atoms with Crippen LogP contribution in [0.5, 0.6) is 0 Å². The second-order valence-electron chi connectivity index (χ2n) is 1.000. The normalized spacial score (nSPS) is 6.17. The van der Waals surface area contributed by atoms with Gasteiger partial charge in [-0.1, -0.05) is 0 Å². The predicted molar refractivity (Wildman–Crippen MR) is 35.8 cm³/mol. The molecule has 0 saturated carbocycles. The summed E-state index contributed by atoms with van der Waals surface area (Å²) in [5.74, 6) is 0. The summed E-state index contributed by atoms with van der Waals surface area (Å²) < 4.78 is 0. The van der Waals surface area contributed by atoms with Gasteiger partial charge in [-0.25, -0.2) is 0 Å². The molecule has 2 heteroatoms. The van der Waals surface area contributed by atoms with Crippen LogP contribution in [0.25, 0.3) is 0 Å². The summed E-state index contributed by atoms with van der Waals surface area (Å²) in [6, 6.07) is 0. The van der Waals surface area contributed by atoms with Crippen LogP contribution in [0, 0.1) is 0 Å². The van der Waals surface area contributed by atoms with Crippen molar-refractivity contribution in [2.75, 3.05) is 6.26 Å². The molecule has 0 amide bonds. The summed E-state index contributed by atoms with van der Waals surface area (Å²) in [5, 5.41) is 1.32. The van der Waals surface area contributed by atoms with Crippen LogP contribution >= 0.6 is 12.6 Å². The summed E-state index contributed by atoms with van der Waals surface area (Å²) in [6.45, 7) is 2.18. The molecule has 0 unspecified atom stereocenters. The van der Waals surface area contributed by atoms with Crippen LogP contribution < -0.4 is 0 Å². The van der Waals surface area contributed by atoms with Crippen molar-refractivity contribution in [3.63, 3.8) is 0 Å². The zero-order chi connectivity index (χ0) is 5.41. The molecule has 0 radical (unpaired) electrons. The van der Waals surface area contributed by atoms with Crippen molar-refractivity contribution < 1.29 is 0 Å². The standard InChI is InChI=1S/C3H7.CH4S.Li/c1-3-2;1-2;/h1,3H2,2H3;2H,1H3;. The Balaban J connectivity index is 0. The van der Waals surface area contributed by atoms with Gasteiger partial charge in [-0.05, 0) is 6.26 Å². The molecule has 0 saturated heterocycles. The molecule has 0 spiro atoms. The number of hydrogen-bond donors (Lipinski definition) is 1. The van der Waals surface area contributed by atoms with E-state index in [1.165, 1.54) is 11.5 Å². The van der Waals surface area contributed by atoms with Gasteiger partial charge < -0.3 is 0 Å². The molecular weight excluding hydrogens is 87.1 g/mol.